The molecule has 5 heteroatoms. The summed E-state index contributed by atoms with van der Waals surface area (Å²) in [6, 6.07) is 17.2. The van der Waals surface area contributed by atoms with Crippen molar-refractivity contribution in [1.29, 1.82) is 5.41 Å². The van der Waals surface area contributed by atoms with Gasteiger partial charge in [-0.05, 0) is 49.1 Å². The number of nitrogens with one attached hydrogen (secondary N) is 2. The number of para-hydroxylation sites is 1. The fraction of sp³-hybridized carbons (Fsp3) is 0.333. The van der Waals surface area contributed by atoms with Crippen LogP contribution in [-0.4, -0.2) is 22.3 Å². The highest BCUT2D eigenvalue weighted by Crippen LogP contribution is 2.27. The van der Waals surface area contributed by atoms with Gasteiger partial charge < -0.3 is 10.1 Å². The molecule has 26 heavy (non-hydrogen) atoms. The van der Waals surface area contributed by atoms with Gasteiger partial charge in [0, 0.05) is 0 Å². The number of rotatable bonds is 6. The Balaban J connectivity index is 1.67. The van der Waals surface area contributed by atoms with E-state index in [9.17, 15) is 4.79 Å². The van der Waals surface area contributed by atoms with E-state index in [-0.39, 0.29) is 11.9 Å². The van der Waals surface area contributed by atoms with Gasteiger partial charge in [-0.15, -0.1) is 0 Å². The topological polar surface area (TPSA) is 65.4 Å². The summed E-state index contributed by atoms with van der Waals surface area (Å²) in [5, 5.41) is 11.2. The van der Waals surface area contributed by atoms with E-state index in [1.54, 1.807) is 0 Å². The molecule has 0 radical (unpaired) electrons. The SMILES string of the molecule is CC(C)CC1(C)NC(=N)N(Cc2ccc(Oc3ccccc3)cc2)C1=O. The van der Waals surface area contributed by atoms with E-state index in [1.165, 1.54) is 4.90 Å². The lowest BCUT2D eigenvalue weighted by atomic mass is 9.91. The van der Waals surface area contributed by atoms with Crippen LogP contribution in [0.1, 0.15) is 32.8 Å². The highest BCUT2D eigenvalue weighted by Gasteiger charge is 2.45. The average Bonchev–Trinajstić information content (AvgIpc) is 2.80. The predicted octanol–water partition coefficient (Wildman–Crippen LogP) is 4.15. The Morgan fingerprint density at radius 3 is 2.31 bits per heavy atom. The minimum Gasteiger partial charge on any atom is -0.457 e. The summed E-state index contributed by atoms with van der Waals surface area (Å²) in [6.07, 6.45) is 0.703. The molecule has 3 rings (SSSR count). The normalized spacial score (nSPS) is 19.8. The molecule has 1 unspecified atom stereocenters. The molecule has 0 spiro atoms. The second-order valence-corrected chi connectivity index (χ2v) is 7.35. The van der Waals surface area contributed by atoms with Gasteiger partial charge in [-0.3, -0.25) is 15.1 Å². The van der Waals surface area contributed by atoms with Crippen LogP contribution in [0.2, 0.25) is 0 Å². The Morgan fingerprint density at radius 1 is 1.08 bits per heavy atom. The van der Waals surface area contributed by atoms with E-state index in [1.807, 2.05) is 61.5 Å². The molecule has 1 heterocycles. The van der Waals surface area contributed by atoms with Crippen molar-refractivity contribution < 1.29 is 9.53 Å². The van der Waals surface area contributed by atoms with Crippen LogP contribution in [0.15, 0.2) is 54.6 Å². The van der Waals surface area contributed by atoms with Crippen LogP contribution in [0.5, 0.6) is 11.5 Å². The number of ether oxygens (including phenoxy) is 1. The molecule has 5 nitrogen and oxygen atoms in total. The minimum atomic E-state index is -0.693. The first-order valence-corrected chi connectivity index (χ1v) is 8.88. The van der Waals surface area contributed by atoms with Crippen LogP contribution in [-0.2, 0) is 11.3 Å². The minimum absolute atomic E-state index is 0.0409. The second kappa shape index (κ2) is 7.20. The monoisotopic (exact) mass is 351 g/mol. The summed E-state index contributed by atoms with van der Waals surface area (Å²) in [5.41, 5.74) is 0.265. The quantitative estimate of drug-likeness (QED) is 0.822. The number of amides is 1. The van der Waals surface area contributed by atoms with Crippen LogP contribution in [0, 0.1) is 11.3 Å². The Hall–Kier alpha value is -2.82. The van der Waals surface area contributed by atoms with Gasteiger partial charge in [0.2, 0.25) is 0 Å². The molecule has 1 saturated heterocycles. The average molecular weight is 351 g/mol. The summed E-state index contributed by atoms with van der Waals surface area (Å²) >= 11 is 0. The fourth-order valence-corrected chi connectivity index (χ4v) is 3.36. The maximum absolute atomic E-state index is 12.8. The number of guanidine groups is 1. The molecule has 2 aromatic carbocycles. The van der Waals surface area contributed by atoms with Gasteiger partial charge in [0.25, 0.3) is 5.91 Å². The predicted molar refractivity (Wildman–Crippen MR) is 102 cm³/mol. The molecule has 0 bridgehead atoms. The van der Waals surface area contributed by atoms with Crippen LogP contribution in [0.4, 0.5) is 0 Å². The lowest BCUT2D eigenvalue weighted by molar-refractivity contribution is -0.131. The molecule has 1 fully saturated rings. The summed E-state index contributed by atoms with van der Waals surface area (Å²) in [5.74, 6) is 2.03. The molecule has 0 saturated carbocycles. The van der Waals surface area contributed by atoms with Crippen molar-refractivity contribution in [3.05, 3.63) is 60.2 Å². The van der Waals surface area contributed by atoms with E-state index in [2.05, 4.69) is 19.2 Å². The van der Waals surface area contributed by atoms with Crippen molar-refractivity contribution in [3.63, 3.8) is 0 Å². The molecule has 1 atom stereocenters. The maximum Gasteiger partial charge on any atom is 0.255 e. The van der Waals surface area contributed by atoms with Crippen LogP contribution >= 0.6 is 0 Å². The van der Waals surface area contributed by atoms with Gasteiger partial charge in [-0.1, -0.05) is 44.2 Å². The van der Waals surface area contributed by atoms with Crippen molar-refractivity contribution in [3.8, 4) is 11.5 Å². The van der Waals surface area contributed by atoms with Crippen molar-refractivity contribution in [2.75, 3.05) is 0 Å². The fourth-order valence-electron chi connectivity index (χ4n) is 3.36. The van der Waals surface area contributed by atoms with Crippen LogP contribution in [0.3, 0.4) is 0 Å². The lowest BCUT2D eigenvalue weighted by Gasteiger charge is -2.24. The van der Waals surface area contributed by atoms with E-state index in [4.69, 9.17) is 10.1 Å². The summed E-state index contributed by atoms with van der Waals surface area (Å²) in [4.78, 5) is 14.3. The zero-order valence-electron chi connectivity index (χ0n) is 15.5. The number of benzene rings is 2. The third-order valence-electron chi connectivity index (χ3n) is 4.44. The van der Waals surface area contributed by atoms with E-state index < -0.39 is 5.54 Å². The molecule has 2 N–H and O–H groups in total. The smallest absolute Gasteiger partial charge is 0.255 e. The molecule has 1 amide bonds. The van der Waals surface area contributed by atoms with Gasteiger partial charge in [0.1, 0.15) is 17.0 Å². The Morgan fingerprint density at radius 2 is 1.69 bits per heavy atom. The highest BCUT2D eigenvalue weighted by molar-refractivity contribution is 6.07. The first-order valence-electron chi connectivity index (χ1n) is 8.88. The third-order valence-corrected chi connectivity index (χ3v) is 4.44. The number of carbonyl (C=O) groups excluding carboxylic acids is 1. The van der Waals surface area contributed by atoms with Crippen molar-refractivity contribution >= 4 is 11.9 Å². The first-order chi connectivity index (χ1) is 12.4. The van der Waals surface area contributed by atoms with Gasteiger partial charge in [0.05, 0.1) is 6.54 Å². The van der Waals surface area contributed by atoms with Gasteiger partial charge in [0.15, 0.2) is 5.96 Å². The number of hydrogen-bond donors (Lipinski definition) is 2. The standard InChI is InChI=1S/C21H25N3O2/c1-15(2)13-21(3)19(25)24(20(22)23-21)14-16-9-11-18(12-10-16)26-17-7-5-4-6-8-17/h4-12,15H,13-14H2,1-3H3,(H2,22,23). The van der Waals surface area contributed by atoms with Gasteiger partial charge in [-0.2, -0.15) is 0 Å². The summed E-state index contributed by atoms with van der Waals surface area (Å²) < 4.78 is 5.79. The molecule has 136 valence electrons. The molecule has 0 aliphatic carbocycles. The van der Waals surface area contributed by atoms with Gasteiger partial charge in [-0.25, -0.2) is 0 Å². The zero-order valence-corrected chi connectivity index (χ0v) is 15.5. The molecule has 2 aromatic rings. The largest absolute Gasteiger partial charge is 0.457 e. The van der Waals surface area contributed by atoms with E-state index in [0.29, 0.717) is 18.9 Å². The lowest BCUT2D eigenvalue weighted by Crippen LogP contribution is -2.44. The molecular formula is C21H25N3O2. The highest BCUT2D eigenvalue weighted by atomic mass is 16.5. The van der Waals surface area contributed by atoms with E-state index >= 15 is 0 Å². The van der Waals surface area contributed by atoms with Crippen LogP contribution in [0.25, 0.3) is 0 Å². The molecular weight excluding hydrogens is 326 g/mol. The number of hydrogen-bond acceptors (Lipinski definition) is 3. The third kappa shape index (κ3) is 3.87. The van der Waals surface area contributed by atoms with E-state index in [0.717, 1.165) is 17.1 Å². The zero-order chi connectivity index (χ0) is 18.7. The summed E-state index contributed by atoms with van der Waals surface area (Å²) in [7, 11) is 0. The van der Waals surface area contributed by atoms with Crippen molar-refractivity contribution in [1.82, 2.24) is 10.2 Å². The van der Waals surface area contributed by atoms with Crippen molar-refractivity contribution in [2.24, 2.45) is 5.92 Å². The maximum atomic E-state index is 12.8. The van der Waals surface area contributed by atoms with Crippen molar-refractivity contribution in [2.45, 2.75) is 39.3 Å². The Bertz CT molecular complexity index is 787. The second-order valence-electron chi connectivity index (χ2n) is 7.35. The Labute approximate surface area is 154 Å². The number of nitrogens with zero attached hydrogens (tertiary/aromatic N) is 1. The molecule has 1 aliphatic rings. The number of carbonyl (C=O) groups is 1. The van der Waals surface area contributed by atoms with Gasteiger partial charge >= 0.3 is 0 Å². The van der Waals surface area contributed by atoms with Crippen LogP contribution < -0.4 is 10.1 Å². The Kier molecular flexibility index (Phi) is 4.98. The molecule has 0 aromatic heterocycles. The summed E-state index contributed by atoms with van der Waals surface area (Å²) in [6.45, 7) is 6.42. The first kappa shape index (κ1) is 18.0. The molecule has 1 aliphatic heterocycles.